The lowest BCUT2D eigenvalue weighted by atomic mass is 9.33. The van der Waals surface area contributed by atoms with Crippen molar-refractivity contribution in [1.29, 1.82) is 0 Å². The van der Waals surface area contributed by atoms with Gasteiger partial charge >= 0.3 is 11.9 Å². The van der Waals surface area contributed by atoms with Gasteiger partial charge in [-0.25, -0.2) is 0 Å². The topological polar surface area (TPSA) is 139 Å². The molecule has 4 saturated heterocycles. The van der Waals surface area contributed by atoms with Crippen LogP contribution in [0.3, 0.4) is 0 Å². The van der Waals surface area contributed by atoms with Crippen LogP contribution in [0.2, 0.25) is 0 Å². The fourth-order valence-corrected chi connectivity index (χ4v) is 10.8. The molecule has 4 aliphatic carbocycles. The van der Waals surface area contributed by atoms with E-state index in [0.29, 0.717) is 12.8 Å². The number of ketones is 2. The zero-order valence-corrected chi connectivity index (χ0v) is 23.4. The van der Waals surface area contributed by atoms with Crippen molar-refractivity contribution in [2.24, 2.45) is 39.4 Å². The maximum absolute atomic E-state index is 15.0. The van der Waals surface area contributed by atoms with Gasteiger partial charge in [-0.05, 0) is 24.0 Å². The van der Waals surface area contributed by atoms with Crippen LogP contribution in [0.4, 0.5) is 0 Å². The number of hydrogen-bond acceptors (Lipinski definition) is 10. The lowest BCUT2D eigenvalue weighted by molar-refractivity contribution is -0.451. The van der Waals surface area contributed by atoms with Crippen LogP contribution < -0.4 is 0 Å². The van der Waals surface area contributed by atoms with E-state index in [1.165, 1.54) is 20.1 Å². The smallest absolute Gasteiger partial charge is 0.303 e. The molecule has 1 spiro atoms. The van der Waals surface area contributed by atoms with Crippen LogP contribution in [-0.2, 0) is 38.1 Å². The molecule has 40 heavy (non-hydrogen) atoms. The number of fused-ring (bicyclic) bond motifs is 5. The molecular formula is C30H36O10. The second-order valence-electron chi connectivity index (χ2n) is 13.7. The quantitative estimate of drug-likeness (QED) is 0.553. The molecule has 8 aliphatic rings. The minimum atomic E-state index is -1.21. The highest BCUT2D eigenvalue weighted by Gasteiger charge is 2.84. The summed E-state index contributed by atoms with van der Waals surface area (Å²) in [5.41, 5.74) is -3.21. The number of ether oxygens (including phenoxy) is 4. The number of rotatable bonds is 3. The summed E-state index contributed by atoms with van der Waals surface area (Å²) in [6, 6.07) is 1.78. The van der Waals surface area contributed by atoms with Crippen LogP contribution in [0.25, 0.3) is 0 Å². The van der Waals surface area contributed by atoms with Crippen LogP contribution in [0.15, 0.2) is 23.0 Å². The van der Waals surface area contributed by atoms with Crippen molar-refractivity contribution in [3.63, 3.8) is 0 Å². The fourth-order valence-electron chi connectivity index (χ4n) is 10.8. The Labute approximate surface area is 232 Å². The van der Waals surface area contributed by atoms with Gasteiger partial charge in [0.2, 0.25) is 0 Å². The molecule has 4 bridgehead atoms. The van der Waals surface area contributed by atoms with Crippen LogP contribution in [-0.4, -0.2) is 65.9 Å². The maximum atomic E-state index is 15.0. The van der Waals surface area contributed by atoms with Crippen LogP contribution in [0, 0.1) is 39.4 Å². The van der Waals surface area contributed by atoms with Gasteiger partial charge in [-0.15, -0.1) is 0 Å². The summed E-state index contributed by atoms with van der Waals surface area (Å²) in [6.45, 7) is 8.50. The number of furan rings is 1. The molecular weight excluding hydrogens is 520 g/mol. The largest absolute Gasteiger partial charge is 0.472 e. The summed E-state index contributed by atoms with van der Waals surface area (Å²) in [7, 11) is 0. The van der Waals surface area contributed by atoms with Gasteiger partial charge in [-0.2, -0.15) is 0 Å². The molecule has 216 valence electrons. The number of Topliss-reactive ketones (excluding diaryl/α,β-unsaturated/α-hetero) is 2. The number of carbonyl (C=O) groups is 4. The maximum Gasteiger partial charge on any atom is 0.303 e. The van der Waals surface area contributed by atoms with Gasteiger partial charge in [0.15, 0.2) is 18.2 Å². The molecule has 10 nitrogen and oxygen atoms in total. The molecule has 10 heteroatoms. The molecule has 0 amide bonds. The predicted molar refractivity (Wildman–Crippen MR) is 134 cm³/mol. The number of aliphatic hydroxyl groups excluding tert-OH is 1. The first-order valence-corrected chi connectivity index (χ1v) is 14.2. The monoisotopic (exact) mass is 556 g/mol. The van der Waals surface area contributed by atoms with Crippen LogP contribution in [0.5, 0.6) is 0 Å². The van der Waals surface area contributed by atoms with Crippen molar-refractivity contribution >= 4 is 23.5 Å². The Hall–Kier alpha value is -2.56. The van der Waals surface area contributed by atoms with Crippen molar-refractivity contribution < 1.29 is 47.6 Å². The van der Waals surface area contributed by atoms with E-state index in [2.05, 4.69) is 0 Å². The van der Waals surface area contributed by atoms with Crippen molar-refractivity contribution in [3.8, 4) is 0 Å². The van der Waals surface area contributed by atoms with E-state index in [-0.39, 0.29) is 30.5 Å². The molecule has 1 N–H and O–H groups in total. The molecule has 0 aromatic carbocycles. The molecule has 4 saturated carbocycles. The van der Waals surface area contributed by atoms with E-state index in [1.807, 2.05) is 20.8 Å². The van der Waals surface area contributed by atoms with Crippen molar-refractivity contribution in [2.45, 2.75) is 90.5 Å². The molecule has 1 aromatic rings. The van der Waals surface area contributed by atoms with E-state index in [4.69, 9.17) is 23.4 Å². The molecule has 4 aliphatic heterocycles. The minimum Gasteiger partial charge on any atom is -0.472 e. The zero-order chi connectivity index (χ0) is 28.6. The molecule has 5 heterocycles. The summed E-state index contributed by atoms with van der Waals surface area (Å²) in [5, 5.41) is 12.1. The normalized spacial score (nSPS) is 52.1. The molecule has 13 atom stereocenters. The lowest BCUT2D eigenvalue weighted by Gasteiger charge is -2.76. The van der Waals surface area contributed by atoms with Gasteiger partial charge in [0.1, 0.15) is 11.9 Å². The SMILES string of the molecule is CC(=O)O[C@H]1C[C@H]2O[C@@H]3OC[C@@]24[C@@H](C[C@@H](O)[C@@]2(C)[C@H]5C(=O)C[C@@H](c6ccoc6)[C@]5(C)[C@@H](OC(C)=O)C(=O)[C@@H]24)[C@@]31C. The Morgan fingerprint density at radius 1 is 1.00 bits per heavy atom. The van der Waals surface area contributed by atoms with Crippen LogP contribution in [0.1, 0.15) is 65.4 Å². The van der Waals surface area contributed by atoms with Crippen molar-refractivity contribution in [3.05, 3.63) is 24.2 Å². The molecule has 1 aromatic heterocycles. The van der Waals surface area contributed by atoms with E-state index in [1.54, 1.807) is 12.3 Å². The van der Waals surface area contributed by atoms with Gasteiger partial charge < -0.3 is 28.5 Å². The first-order valence-electron chi connectivity index (χ1n) is 14.2. The number of aliphatic hydroxyl groups is 1. The van der Waals surface area contributed by atoms with Gasteiger partial charge in [-0.1, -0.05) is 20.8 Å². The Morgan fingerprint density at radius 3 is 2.38 bits per heavy atom. The average Bonchev–Trinajstić information content (AvgIpc) is 3.49. The number of esters is 2. The number of carbonyl (C=O) groups excluding carboxylic acids is 4. The summed E-state index contributed by atoms with van der Waals surface area (Å²) in [5.74, 6) is -3.77. The van der Waals surface area contributed by atoms with Gasteiger partial charge in [0.05, 0.1) is 36.8 Å². The third-order valence-electron chi connectivity index (χ3n) is 12.1. The number of hydrogen-bond donors (Lipinski definition) is 1. The van der Waals surface area contributed by atoms with E-state index >= 15 is 0 Å². The van der Waals surface area contributed by atoms with E-state index in [9.17, 15) is 24.3 Å². The highest BCUT2D eigenvalue weighted by Crippen LogP contribution is 2.77. The Kier molecular flexibility index (Phi) is 5.30. The minimum absolute atomic E-state index is 0.0692. The van der Waals surface area contributed by atoms with Crippen LogP contribution >= 0.6 is 0 Å². The predicted octanol–water partition coefficient (Wildman–Crippen LogP) is 2.56. The molecule has 0 unspecified atom stereocenters. The highest BCUT2D eigenvalue weighted by molar-refractivity contribution is 5.97. The van der Waals surface area contributed by atoms with E-state index < -0.39 is 82.1 Å². The summed E-state index contributed by atoms with van der Waals surface area (Å²) < 4.78 is 29.7. The highest BCUT2D eigenvalue weighted by atomic mass is 16.7. The molecule has 0 radical (unpaired) electrons. The van der Waals surface area contributed by atoms with Gasteiger partial charge in [0.25, 0.3) is 0 Å². The Balaban J connectivity index is 1.42. The molecule has 8 fully saturated rings. The summed E-state index contributed by atoms with van der Waals surface area (Å²) in [6.07, 6.45) is 0.0572. The first-order chi connectivity index (χ1) is 18.8. The fraction of sp³-hybridized carbons (Fsp3) is 0.733. The Bertz CT molecular complexity index is 1310. The first kappa shape index (κ1) is 26.3. The molecule has 9 rings (SSSR count). The lowest BCUT2D eigenvalue weighted by Crippen LogP contribution is -2.84. The standard InChI is InChI=1S/C30H36O10/c1-13(31)38-20-10-21-30-12-37-26(40-21)28(20,4)18(30)9-19(34)29(5)23-17(33)8-16(15-6-7-36-11-15)27(23,3)25(39-14(2)32)22(35)24(29)30/h6-7,11,16,18-21,23-26,34H,8-10,12H2,1-5H3/t16-,18-,19+,20-,21+,23-,24-,25-,26-,27-,28+,29-,30+/m0/s1. The second kappa shape index (κ2) is 8.04. The third-order valence-corrected chi connectivity index (χ3v) is 12.1. The third kappa shape index (κ3) is 2.80. The van der Waals surface area contributed by atoms with Gasteiger partial charge in [-0.3, -0.25) is 19.2 Å². The van der Waals surface area contributed by atoms with E-state index in [0.717, 1.165) is 5.56 Å². The van der Waals surface area contributed by atoms with Gasteiger partial charge in [0, 0.05) is 60.7 Å². The zero-order valence-electron chi connectivity index (χ0n) is 23.4. The van der Waals surface area contributed by atoms with Crippen molar-refractivity contribution in [1.82, 2.24) is 0 Å². The summed E-state index contributed by atoms with van der Waals surface area (Å²) >= 11 is 0. The summed E-state index contributed by atoms with van der Waals surface area (Å²) in [4.78, 5) is 53.6. The Morgan fingerprint density at radius 2 is 1.73 bits per heavy atom. The second-order valence-corrected chi connectivity index (χ2v) is 13.7. The average molecular weight is 557 g/mol. The van der Waals surface area contributed by atoms with Crippen molar-refractivity contribution in [2.75, 3.05) is 6.61 Å².